The summed E-state index contributed by atoms with van der Waals surface area (Å²) in [5, 5.41) is 3.54. The molecule has 0 aromatic heterocycles. The Morgan fingerprint density at radius 1 is 1.35 bits per heavy atom. The van der Waals surface area contributed by atoms with E-state index in [9.17, 15) is 0 Å². The molecular formula is C17H31NO2. The molecule has 2 heterocycles. The molecule has 116 valence electrons. The number of hydrogen-bond donors (Lipinski definition) is 1. The lowest BCUT2D eigenvalue weighted by Gasteiger charge is -2.37. The molecule has 2 saturated heterocycles. The van der Waals surface area contributed by atoms with Gasteiger partial charge in [-0.25, -0.2) is 0 Å². The number of hydrogen-bond acceptors (Lipinski definition) is 3. The summed E-state index contributed by atoms with van der Waals surface area (Å²) in [6, 6.07) is 0. The lowest BCUT2D eigenvalue weighted by atomic mass is 9.81. The van der Waals surface area contributed by atoms with Crippen LogP contribution in [0.15, 0.2) is 11.6 Å². The smallest absolute Gasteiger partial charge is 0.0942 e. The van der Waals surface area contributed by atoms with E-state index in [0.717, 1.165) is 52.0 Å². The van der Waals surface area contributed by atoms with E-state index in [4.69, 9.17) is 9.47 Å². The average Bonchev–Trinajstić information content (AvgIpc) is 2.81. The first-order chi connectivity index (χ1) is 9.40. The summed E-state index contributed by atoms with van der Waals surface area (Å²) in [5.41, 5.74) is 1.78. The summed E-state index contributed by atoms with van der Waals surface area (Å²) in [6.45, 7) is 12.5. The molecule has 20 heavy (non-hydrogen) atoms. The molecule has 2 atom stereocenters. The minimum absolute atomic E-state index is 0.0294. The molecule has 3 nitrogen and oxygen atoms in total. The molecule has 0 aliphatic carbocycles. The van der Waals surface area contributed by atoms with Gasteiger partial charge in [0.05, 0.1) is 12.2 Å². The summed E-state index contributed by atoms with van der Waals surface area (Å²) in [4.78, 5) is 0. The molecule has 0 radical (unpaired) electrons. The first-order valence-electron chi connectivity index (χ1n) is 8.04. The van der Waals surface area contributed by atoms with E-state index in [1.165, 1.54) is 5.57 Å². The Kier molecular flexibility index (Phi) is 5.27. The average molecular weight is 281 g/mol. The topological polar surface area (TPSA) is 30.5 Å². The van der Waals surface area contributed by atoms with E-state index in [-0.39, 0.29) is 11.1 Å². The van der Waals surface area contributed by atoms with Crippen LogP contribution in [0.25, 0.3) is 0 Å². The summed E-state index contributed by atoms with van der Waals surface area (Å²) in [7, 11) is 0. The van der Waals surface area contributed by atoms with Gasteiger partial charge in [0, 0.05) is 25.2 Å². The Labute approximate surface area is 124 Å². The van der Waals surface area contributed by atoms with E-state index in [0.29, 0.717) is 5.92 Å². The van der Waals surface area contributed by atoms with Gasteiger partial charge in [0.25, 0.3) is 0 Å². The molecule has 0 saturated carbocycles. The van der Waals surface area contributed by atoms with Crippen molar-refractivity contribution in [1.29, 1.82) is 0 Å². The van der Waals surface area contributed by atoms with Crippen LogP contribution in [0.5, 0.6) is 0 Å². The summed E-state index contributed by atoms with van der Waals surface area (Å²) >= 11 is 0. The normalized spacial score (nSPS) is 32.0. The second kappa shape index (κ2) is 6.59. The first kappa shape index (κ1) is 16.0. The van der Waals surface area contributed by atoms with Gasteiger partial charge in [-0.1, -0.05) is 11.6 Å². The molecule has 0 aromatic rings. The third kappa shape index (κ3) is 4.57. The van der Waals surface area contributed by atoms with Gasteiger partial charge in [-0.2, -0.15) is 0 Å². The molecule has 3 heteroatoms. The van der Waals surface area contributed by atoms with Gasteiger partial charge in [0.1, 0.15) is 0 Å². The number of rotatable bonds is 4. The molecule has 2 aliphatic rings. The maximum atomic E-state index is 6.01. The third-order valence-electron chi connectivity index (χ3n) is 4.47. The van der Waals surface area contributed by atoms with Gasteiger partial charge in [0.2, 0.25) is 0 Å². The zero-order chi connectivity index (χ0) is 14.6. The highest BCUT2D eigenvalue weighted by Crippen LogP contribution is 2.38. The number of ether oxygens (including phenoxy) is 2. The molecule has 0 bridgehead atoms. The van der Waals surface area contributed by atoms with Crippen LogP contribution in [0, 0.1) is 5.92 Å². The van der Waals surface area contributed by atoms with Crippen LogP contribution in [0.1, 0.15) is 53.4 Å². The zero-order valence-corrected chi connectivity index (χ0v) is 13.6. The minimum Gasteiger partial charge on any atom is -0.378 e. The molecular weight excluding hydrogens is 250 g/mol. The second-order valence-corrected chi connectivity index (χ2v) is 7.44. The molecule has 1 spiro atoms. The lowest BCUT2D eigenvalue weighted by Crippen LogP contribution is -2.40. The number of nitrogens with one attached hydrogen (secondary N) is 1. The standard InChI is InChI=1S/C17H31NO2/c1-14(6-5-9-18-16(2,3)4)15-7-10-20-17(12-15)8-11-19-13-17/h6,15,18H,5,7-13H2,1-4H3. The van der Waals surface area contributed by atoms with E-state index in [1.54, 1.807) is 0 Å². The van der Waals surface area contributed by atoms with Gasteiger partial charge in [-0.05, 0) is 59.4 Å². The Hall–Kier alpha value is -0.380. The molecule has 2 unspecified atom stereocenters. The van der Waals surface area contributed by atoms with Crippen molar-refractivity contribution in [1.82, 2.24) is 5.32 Å². The van der Waals surface area contributed by atoms with Crippen molar-refractivity contribution in [3.05, 3.63) is 11.6 Å². The maximum Gasteiger partial charge on any atom is 0.0942 e. The van der Waals surface area contributed by atoms with Crippen LogP contribution in [0.3, 0.4) is 0 Å². The van der Waals surface area contributed by atoms with E-state index < -0.39 is 0 Å². The van der Waals surface area contributed by atoms with Crippen LogP contribution in [0.2, 0.25) is 0 Å². The fourth-order valence-electron chi connectivity index (χ4n) is 3.19. The van der Waals surface area contributed by atoms with E-state index in [2.05, 4.69) is 39.1 Å². The van der Waals surface area contributed by atoms with E-state index in [1.807, 2.05) is 0 Å². The van der Waals surface area contributed by atoms with E-state index >= 15 is 0 Å². The summed E-state index contributed by atoms with van der Waals surface area (Å²) in [5.74, 6) is 0.681. The van der Waals surface area contributed by atoms with Gasteiger partial charge in [-0.3, -0.25) is 0 Å². The summed E-state index contributed by atoms with van der Waals surface area (Å²) < 4.78 is 11.6. The fraction of sp³-hybridized carbons (Fsp3) is 0.882. The van der Waals surface area contributed by atoms with Gasteiger partial charge < -0.3 is 14.8 Å². The maximum absolute atomic E-state index is 6.01. The summed E-state index contributed by atoms with van der Waals surface area (Å²) in [6.07, 6.45) is 6.91. The highest BCUT2D eigenvalue weighted by atomic mass is 16.6. The Morgan fingerprint density at radius 2 is 2.15 bits per heavy atom. The quantitative estimate of drug-likeness (QED) is 0.633. The molecule has 0 amide bonds. The highest BCUT2D eigenvalue weighted by Gasteiger charge is 2.41. The van der Waals surface area contributed by atoms with Crippen molar-refractivity contribution in [3.63, 3.8) is 0 Å². The van der Waals surface area contributed by atoms with Crippen LogP contribution in [-0.4, -0.2) is 37.5 Å². The van der Waals surface area contributed by atoms with Crippen molar-refractivity contribution in [3.8, 4) is 0 Å². The Bertz CT molecular complexity index is 337. The molecule has 2 fully saturated rings. The molecule has 1 N–H and O–H groups in total. The van der Waals surface area contributed by atoms with Gasteiger partial charge >= 0.3 is 0 Å². The fourth-order valence-corrected chi connectivity index (χ4v) is 3.19. The van der Waals surface area contributed by atoms with Crippen molar-refractivity contribution < 1.29 is 9.47 Å². The van der Waals surface area contributed by atoms with Crippen LogP contribution in [-0.2, 0) is 9.47 Å². The third-order valence-corrected chi connectivity index (χ3v) is 4.47. The SMILES string of the molecule is CC(=CCCNC(C)(C)C)C1CCOC2(CCOC2)C1. The zero-order valence-electron chi connectivity index (χ0n) is 13.6. The first-order valence-corrected chi connectivity index (χ1v) is 8.04. The van der Waals surface area contributed by atoms with Crippen molar-refractivity contribution in [2.45, 2.75) is 64.5 Å². The van der Waals surface area contributed by atoms with Crippen LogP contribution < -0.4 is 5.32 Å². The predicted octanol–water partition coefficient (Wildman–Crippen LogP) is 3.30. The number of allylic oxidation sites excluding steroid dienone is 1. The predicted molar refractivity (Wildman–Crippen MR) is 83.0 cm³/mol. The van der Waals surface area contributed by atoms with Crippen molar-refractivity contribution >= 4 is 0 Å². The Morgan fingerprint density at radius 3 is 2.80 bits per heavy atom. The van der Waals surface area contributed by atoms with Crippen LogP contribution >= 0.6 is 0 Å². The highest BCUT2D eigenvalue weighted by molar-refractivity contribution is 5.08. The second-order valence-electron chi connectivity index (χ2n) is 7.44. The van der Waals surface area contributed by atoms with Gasteiger partial charge in [0.15, 0.2) is 0 Å². The Balaban J connectivity index is 1.80. The van der Waals surface area contributed by atoms with Gasteiger partial charge in [-0.15, -0.1) is 0 Å². The molecule has 0 aromatic carbocycles. The monoisotopic (exact) mass is 281 g/mol. The molecule has 2 aliphatic heterocycles. The van der Waals surface area contributed by atoms with Crippen molar-refractivity contribution in [2.75, 3.05) is 26.4 Å². The lowest BCUT2D eigenvalue weighted by molar-refractivity contribution is -0.0925. The minimum atomic E-state index is 0.0294. The van der Waals surface area contributed by atoms with Crippen LogP contribution in [0.4, 0.5) is 0 Å². The molecule has 2 rings (SSSR count). The van der Waals surface area contributed by atoms with Crippen molar-refractivity contribution in [2.24, 2.45) is 5.92 Å². The largest absolute Gasteiger partial charge is 0.378 e.